The molecule has 0 saturated carbocycles. The van der Waals surface area contributed by atoms with Gasteiger partial charge in [0.05, 0.1) is 7.11 Å². The lowest BCUT2D eigenvalue weighted by atomic mass is 10.0. The van der Waals surface area contributed by atoms with E-state index in [2.05, 4.69) is 17.1 Å². The minimum Gasteiger partial charge on any atom is -0.493 e. The van der Waals surface area contributed by atoms with Crippen molar-refractivity contribution in [2.45, 2.75) is 45.6 Å². The molecule has 1 fully saturated rings. The lowest BCUT2D eigenvalue weighted by Gasteiger charge is -2.33. The van der Waals surface area contributed by atoms with E-state index in [4.69, 9.17) is 9.47 Å². The van der Waals surface area contributed by atoms with Crippen LogP contribution < -0.4 is 14.8 Å². The van der Waals surface area contributed by atoms with Crippen LogP contribution >= 0.6 is 0 Å². The van der Waals surface area contributed by atoms with Crippen LogP contribution in [0.15, 0.2) is 18.2 Å². The highest BCUT2D eigenvalue weighted by Gasteiger charge is 2.17. The van der Waals surface area contributed by atoms with Crippen LogP contribution in [0.4, 0.5) is 0 Å². The molecule has 1 saturated heterocycles. The number of amides is 1. The maximum absolute atomic E-state index is 11.9. The van der Waals surface area contributed by atoms with E-state index in [0.29, 0.717) is 24.1 Å². The minimum absolute atomic E-state index is 0.0134. The zero-order chi connectivity index (χ0) is 17.4. The van der Waals surface area contributed by atoms with Gasteiger partial charge in [-0.05, 0) is 57.4 Å². The zero-order valence-electron chi connectivity index (χ0n) is 15.1. The second-order valence-corrected chi connectivity index (χ2v) is 6.53. The summed E-state index contributed by atoms with van der Waals surface area (Å²) in [5.41, 5.74) is 1.09. The molecule has 1 aromatic rings. The number of aryl methyl sites for hydroxylation is 1. The van der Waals surface area contributed by atoms with Crippen molar-refractivity contribution < 1.29 is 14.3 Å². The molecule has 1 unspecified atom stereocenters. The van der Waals surface area contributed by atoms with Crippen molar-refractivity contribution >= 4 is 5.91 Å². The average molecular weight is 334 g/mol. The second kappa shape index (κ2) is 9.52. The van der Waals surface area contributed by atoms with E-state index in [1.807, 2.05) is 25.1 Å². The molecule has 0 aliphatic carbocycles. The Balaban J connectivity index is 1.65. The van der Waals surface area contributed by atoms with E-state index in [1.54, 1.807) is 7.11 Å². The standard InChI is InChI=1S/C19H30N2O3/c1-15-8-9-17(18(13-15)23-3)24-14-19(22)20-10-6-12-21-11-5-4-7-16(21)2/h8-9,13,16H,4-7,10-12,14H2,1-3H3,(H,20,22). The summed E-state index contributed by atoms with van der Waals surface area (Å²) in [7, 11) is 1.60. The number of ether oxygens (including phenoxy) is 2. The van der Waals surface area contributed by atoms with E-state index >= 15 is 0 Å². The number of likely N-dealkylation sites (tertiary alicyclic amines) is 1. The summed E-state index contributed by atoms with van der Waals surface area (Å²) >= 11 is 0. The topological polar surface area (TPSA) is 50.8 Å². The van der Waals surface area contributed by atoms with Crippen LogP contribution in [0.2, 0.25) is 0 Å². The molecule has 0 radical (unpaired) electrons. The third-order valence-electron chi connectivity index (χ3n) is 4.56. The predicted molar refractivity (Wildman–Crippen MR) is 95.7 cm³/mol. The van der Waals surface area contributed by atoms with Gasteiger partial charge in [0.15, 0.2) is 18.1 Å². The van der Waals surface area contributed by atoms with Crippen LogP contribution in [0.25, 0.3) is 0 Å². The Labute approximate surface area is 145 Å². The SMILES string of the molecule is COc1cc(C)ccc1OCC(=O)NCCCN1CCCCC1C. The number of rotatable bonds is 8. The van der Waals surface area contributed by atoms with Crippen molar-refractivity contribution in [3.05, 3.63) is 23.8 Å². The fraction of sp³-hybridized carbons (Fsp3) is 0.632. The van der Waals surface area contributed by atoms with Gasteiger partial charge in [-0.25, -0.2) is 0 Å². The maximum Gasteiger partial charge on any atom is 0.257 e. The van der Waals surface area contributed by atoms with E-state index in [-0.39, 0.29) is 12.5 Å². The van der Waals surface area contributed by atoms with Gasteiger partial charge < -0.3 is 19.7 Å². The number of nitrogens with zero attached hydrogens (tertiary/aromatic N) is 1. The molecule has 0 bridgehead atoms. The number of methoxy groups -OCH3 is 1. The second-order valence-electron chi connectivity index (χ2n) is 6.53. The molecule has 5 nitrogen and oxygen atoms in total. The van der Waals surface area contributed by atoms with E-state index in [1.165, 1.54) is 25.8 Å². The van der Waals surface area contributed by atoms with E-state index in [0.717, 1.165) is 18.5 Å². The fourth-order valence-corrected chi connectivity index (χ4v) is 3.09. The molecule has 0 spiro atoms. The van der Waals surface area contributed by atoms with Gasteiger partial charge >= 0.3 is 0 Å². The van der Waals surface area contributed by atoms with Crippen LogP contribution in [-0.2, 0) is 4.79 Å². The van der Waals surface area contributed by atoms with Gasteiger partial charge in [-0.15, -0.1) is 0 Å². The molecule has 1 heterocycles. The number of hydrogen-bond acceptors (Lipinski definition) is 4. The number of piperidine rings is 1. The number of hydrogen-bond donors (Lipinski definition) is 1. The average Bonchev–Trinajstić information content (AvgIpc) is 2.59. The molecule has 24 heavy (non-hydrogen) atoms. The Hall–Kier alpha value is -1.75. The Morgan fingerprint density at radius 3 is 2.92 bits per heavy atom. The normalized spacial score (nSPS) is 18.2. The molecule has 2 rings (SSSR count). The molecule has 1 aliphatic rings. The van der Waals surface area contributed by atoms with Gasteiger partial charge in [-0.3, -0.25) is 4.79 Å². The molecule has 1 aliphatic heterocycles. The van der Waals surface area contributed by atoms with Crippen molar-refractivity contribution in [1.82, 2.24) is 10.2 Å². The highest BCUT2D eigenvalue weighted by atomic mass is 16.5. The van der Waals surface area contributed by atoms with Crippen molar-refractivity contribution in [1.29, 1.82) is 0 Å². The monoisotopic (exact) mass is 334 g/mol. The van der Waals surface area contributed by atoms with Gasteiger partial charge in [0.2, 0.25) is 0 Å². The van der Waals surface area contributed by atoms with Crippen LogP contribution in [0.1, 0.15) is 38.2 Å². The van der Waals surface area contributed by atoms with Crippen molar-refractivity contribution in [3.63, 3.8) is 0 Å². The predicted octanol–water partition coefficient (Wildman–Crippen LogP) is 2.76. The summed E-state index contributed by atoms with van der Waals surface area (Å²) in [5.74, 6) is 1.16. The Morgan fingerprint density at radius 2 is 2.17 bits per heavy atom. The van der Waals surface area contributed by atoms with Crippen molar-refractivity contribution in [2.75, 3.05) is 33.4 Å². The molecule has 1 aromatic carbocycles. The van der Waals surface area contributed by atoms with Crippen LogP contribution in [0.3, 0.4) is 0 Å². The summed E-state index contributed by atoms with van der Waals surface area (Å²) in [5, 5.41) is 2.92. The Morgan fingerprint density at radius 1 is 1.33 bits per heavy atom. The van der Waals surface area contributed by atoms with Gasteiger partial charge in [0, 0.05) is 19.1 Å². The number of carbonyl (C=O) groups is 1. The van der Waals surface area contributed by atoms with E-state index < -0.39 is 0 Å². The highest BCUT2D eigenvalue weighted by Crippen LogP contribution is 2.27. The molecular formula is C19H30N2O3. The summed E-state index contributed by atoms with van der Waals surface area (Å²) in [4.78, 5) is 14.4. The molecule has 134 valence electrons. The van der Waals surface area contributed by atoms with Gasteiger partial charge in [0.1, 0.15) is 0 Å². The number of nitrogens with one attached hydrogen (secondary N) is 1. The van der Waals surface area contributed by atoms with Crippen LogP contribution in [0.5, 0.6) is 11.5 Å². The number of carbonyl (C=O) groups excluding carboxylic acids is 1. The Kier molecular flexibility index (Phi) is 7.37. The molecule has 5 heteroatoms. The minimum atomic E-state index is -0.0932. The van der Waals surface area contributed by atoms with Crippen molar-refractivity contribution in [2.24, 2.45) is 0 Å². The van der Waals surface area contributed by atoms with Crippen molar-refractivity contribution in [3.8, 4) is 11.5 Å². The first-order valence-corrected chi connectivity index (χ1v) is 8.88. The van der Waals surface area contributed by atoms with Crippen LogP contribution in [0, 0.1) is 6.92 Å². The third kappa shape index (κ3) is 5.71. The third-order valence-corrected chi connectivity index (χ3v) is 4.56. The van der Waals surface area contributed by atoms with Gasteiger partial charge in [-0.1, -0.05) is 12.5 Å². The summed E-state index contributed by atoms with van der Waals surface area (Å²) in [6.45, 7) is 7.22. The molecule has 0 aromatic heterocycles. The zero-order valence-corrected chi connectivity index (χ0v) is 15.1. The van der Waals surface area contributed by atoms with E-state index in [9.17, 15) is 4.79 Å². The molecule has 1 atom stereocenters. The van der Waals surface area contributed by atoms with Gasteiger partial charge in [-0.2, -0.15) is 0 Å². The quantitative estimate of drug-likeness (QED) is 0.743. The smallest absolute Gasteiger partial charge is 0.257 e. The largest absolute Gasteiger partial charge is 0.493 e. The Bertz CT molecular complexity index is 533. The maximum atomic E-state index is 11.9. The highest BCUT2D eigenvalue weighted by molar-refractivity contribution is 5.77. The lowest BCUT2D eigenvalue weighted by Crippen LogP contribution is -2.39. The molecule has 1 N–H and O–H groups in total. The molecular weight excluding hydrogens is 304 g/mol. The van der Waals surface area contributed by atoms with Crippen LogP contribution in [-0.4, -0.2) is 50.2 Å². The molecule has 1 amide bonds. The summed E-state index contributed by atoms with van der Waals surface area (Å²) in [6.07, 6.45) is 4.90. The van der Waals surface area contributed by atoms with Gasteiger partial charge in [0.25, 0.3) is 5.91 Å². The summed E-state index contributed by atoms with van der Waals surface area (Å²) < 4.78 is 10.8. The first-order valence-electron chi connectivity index (χ1n) is 8.88. The summed E-state index contributed by atoms with van der Waals surface area (Å²) in [6, 6.07) is 6.34. The first-order chi connectivity index (χ1) is 11.6. The first kappa shape index (κ1) is 18.6. The number of benzene rings is 1. The lowest BCUT2D eigenvalue weighted by molar-refractivity contribution is -0.123. The fourth-order valence-electron chi connectivity index (χ4n) is 3.09.